The minimum Gasteiger partial charge on any atom is -0.465 e. The van der Waals surface area contributed by atoms with Crippen LogP contribution in [0.3, 0.4) is 0 Å². The zero-order valence-corrected chi connectivity index (χ0v) is 8.69. The summed E-state index contributed by atoms with van der Waals surface area (Å²) in [7, 11) is 0. The fraction of sp³-hybridized carbons (Fsp3) is 0.900. The van der Waals surface area contributed by atoms with Crippen molar-refractivity contribution in [3.63, 3.8) is 0 Å². The lowest BCUT2D eigenvalue weighted by Gasteiger charge is -2.36. The van der Waals surface area contributed by atoms with Crippen molar-refractivity contribution in [1.29, 1.82) is 0 Å². The molecule has 2 nitrogen and oxygen atoms in total. The van der Waals surface area contributed by atoms with E-state index in [1.54, 1.807) is 0 Å². The number of carbonyl (C=O) groups is 1. The molecule has 1 aliphatic rings. The molecule has 0 bridgehead atoms. The van der Waals surface area contributed by atoms with Gasteiger partial charge in [-0.1, -0.05) is 19.3 Å². The highest BCUT2D eigenvalue weighted by molar-refractivity contribution is 5.78. The molecular formula is C10H15F3O2. The summed E-state index contributed by atoms with van der Waals surface area (Å²) in [4.78, 5) is 11.4. The van der Waals surface area contributed by atoms with Crippen LogP contribution in [0.1, 0.15) is 39.0 Å². The molecule has 0 N–H and O–H groups in total. The molecule has 0 atom stereocenters. The van der Waals surface area contributed by atoms with E-state index in [1.165, 1.54) is 6.92 Å². The Hall–Kier alpha value is -0.740. The standard InChI is InChI=1S/C10H15F3O2/c1-2-15-8(14)9(10(11,12)13)6-4-3-5-7-9/h2-7H2,1H3. The van der Waals surface area contributed by atoms with Crippen LogP contribution in [-0.4, -0.2) is 18.8 Å². The molecular weight excluding hydrogens is 209 g/mol. The van der Waals surface area contributed by atoms with E-state index in [9.17, 15) is 18.0 Å². The van der Waals surface area contributed by atoms with Crippen LogP contribution < -0.4 is 0 Å². The Kier molecular flexibility index (Phi) is 3.62. The van der Waals surface area contributed by atoms with Crippen LogP contribution >= 0.6 is 0 Å². The highest BCUT2D eigenvalue weighted by Crippen LogP contribution is 2.49. The van der Waals surface area contributed by atoms with Crippen LogP contribution in [0.25, 0.3) is 0 Å². The molecule has 0 radical (unpaired) electrons. The second-order valence-corrected chi connectivity index (χ2v) is 3.86. The van der Waals surface area contributed by atoms with Gasteiger partial charge in [0.1, 0.15) is 0 Å². The van der Waals surface area contributed by atoms with Gasteiger partial charge in [-0.3, -0.25) is 4.79 Å². The Morgan fingerprint density at radius 1 is 1.27 bits per heavy atom. The van der Waals surface area contributed by atoms with Crippen molar-refractivity contribution in [2.45, 2.75) is 45.2 Å². The molecule has 15 heavy (non-hydrogen) atoms. The normalized spacial score (nSPS) is 21.1. The van der Waals surface area contributed by atoms with E-state index in [0.29, 0.717) is 12.8 Å². The minimum atomic E-state index is -4.49. The van der Waals surface area contributed by atoms with Crippen LogP contribution in [0.2, 0.25) is 0 Å². The maximum Gasteiger partial charge on any atom is 0.404 e. The summed E-state index contributed by atoms with van der Waals surface area (Å²) in [5.41, 5.74) is -2.23. The fourth-order valence-corrected chi connectivity index (χ4v) is 2.03. The third kappa shape index (κ3) is 2.26. The number of hydrogen-bond acceptors (Lipinski definition) is 2. The van der Waals surface area contributed by atoms with Crippen LogP contribution in [0.15, 0.2) is 0 Å². The van der Waals surface area contributed by atoms with E-state index in [0.717, 1.165) is 6.42 Å². The third-order valence-corrected chi connectivity index (χ3v) is 2.92. The van der Waals surface area contributed by atoms with E-state index in [4.69, 9.17) is 0 Å². The quantitative estimate of drug-likeness (QED) is 0.674. The summed E-state index contributed by atoms with van der Waals surface area (Å²) in [6.07, 6.45) is -3.10. The third-order valence-electron chi connectivity index (χ3n) is 2.92. The highest BCUT2D eigenvalue weighted by atomic mass is 19.4. The summed E-state index contributed by atoms with van der Waals surface area (Å²) in [5, 5.41) is 0. The molecule has 0 aromatic heterocycles. The molecule has 1 aliphatic carbocycles. The van der Waals surface area contributed by atoms with Crippen molar-refractivity contribution in [2.24, 2.45) is 5.41 Å². The first-order valence-electron chi connectivity index (χ1n) is 5.18. The van der Waals surface area contributed by atoms with Crippen molar-refractivity contribution in [3.8, 4) is 0 Å². The number of rotatable bonds is 2. The molecule has 0 amide bonds. The molecule has 0 aromatic carbocycles. The topological polar surface area (TPSA) is 26.3 Å². The summed E-state index contributed by atoms with van der Waals surface area (Å²) in [5.74, 6) is -1.10. The highest BCUT2D eigenvalue weighted by Gasteiger charge is 2.61. The minimum absolute atomic E-state index is 0.00331. The van der Waals surface area contributed by atoms with Gasteiger partial charge in [0, 0.05) is 0 Å². The van der Waals surface area contributed by atoms with Gasteiger partial charge in [-0.15, -0.1) is 0 Å². The molecule has 5 heteroatoms. The van der Waals surface area contributed by atoms with Gasteiger partial charge < -0.3 is 4.74 Å². The zero-order chi connectivity index (χ0) is 11.5. The van der Waals surface area contributed by atoms with Gasteiger partial charge in [-0.25, -0.2) is 0 Å². The summed E-state index contributed by atoms with van der Waals surface area (Å²) < 4.78 is 43.2. The Morgan fingerprint density at radius 3 is 2.20 bits per heavy atom. The monoisotopic (exact) mass is 224 g/mol. The average Bonchev–Trinajstić information content (AvgIpc) is 2.17. The lowest BCUT2D eigenvalue weighted by molar-refractivity contribution is -0.242. The molecule has 1 rings (SSSR count). The first kappa shape index (κ1) is 12.3. The molecule has 1 saturated carbocycles. The van der Waals surface area contributed by atoms with Gasteiger partial charge >= 0.3 is 12.1 Å². The summed E-state index contributed by atoms with van der Waals surface area (Å²) in [6.45, 7) is 1.52. The number of hydrogen-bond donors (Lipinski definition) is 0. The second kappa shape index (κ2) is 4.41. The lowest BCUT2D eigenvalue weighted by Crippen LogP contribution is -2.47. The first-order chi connectivity index (χ1) is 6.94. The number of carbonyl (C=O) groups excluding carboxylic acids is 1. The summed E-state index contributed by atoms with van der Waals surface area (Å²) in [6, 6.07) is 0. The Labute approximate surface area is 86.8 Å². The molecule has 88 valence electrons. The van der Waals surface area contributed by atoms with Crippen molar-refractivity contribution in [1.82, 2.24) is 0 Å². The Morgan fingerprint density at radius 2 is 1.80 bits per heavy atom. The maximum atomic E-state index is 12.9. The van der Waals surface area contributed by atoms with E-state index >= 15 is 0 Å². The van der Waals surface area contributed by atoms with Gasteiger partial charge in [-0.05, 0) is 19.8 Å². The largest absolute Gasteiger partial charge is 0.465 e. The van der Waals surface area contributed by atoms with Gasteiger partial charge in [0.25, 0.3) is 0 Å². The van der Waals surface area contributed by atoms with Gasteiger partial charge in [0.05, 0.1) is 6.61 Å². The number of halogens is 3. The van der Waals surface area contributed by atoms with E-state index in [2.05, 4.69) is 4.74 Å². The van der Waals surface area contributed by atoms with Crippen LogP contribution in [0.4, 0.5) is 13.2 Å². The number of esters is 1. The predicted octanol–water partition coefficient (Wildman–Crippen LogP) is 3.06. The molecule has 0 aliphatic heterocycles. The Balaban J connectivity index is 2.90. The average molecular weight is 224 g/mol. The van der Waals surface area contributed by atoms with Crippen molar-refractivity contribution in [2.75, 3.05) is 6.61 Å². The van der Waals surface area contributed by atoms with Crippen LogP contribution in [0.5, 0.6) is 0 Å². The molecule has 0 heterocycles. The SMILES string of the molecule is CCOC(=O)C1(C(F)(F)F)CCCCC1. The van der Waals surface area contributed by atoms with Crippen LogP contribution in [-0.2, 0) is 9.53 Å². The molecule has 0 unspecified atom stereocenters. The maximum absolute atomic E-state index is 12.9. The smallest absolute Gasteiger partial charge is 0.404 e. The van der Waals surface area contributed by atoms with Crippen molar-refractivity contribution in [3.05, 3.63) is 0 Å². The molecule has 0 aromatic rings. The predicted molar refractivity (Wildman–Crippen MR) is 48.2 cm³/mol. The number of alkyl halides is 3. The molecule has 1 fully saturated rings. The number of ether oxygens (including phenoxy) is 1. The Bertz CT molecular complexity index is 229. The molecule has 0 spiro atoms. The van der Waals surface area contributed by atoms with Gasteiger partial charge in [-0.2, -0.15) is 13.2 Å². The van der Waals surface area contributed by atoms with Gasteiger partial charge in [0.2, 0.25) is 0 Å². The first-order valence-corrected chi connectivity index (χ1v) is 5.18. The summed E-state index contributed by atoms with van der Waals surface area (Å²) >= 11 is 0. The van der Waals surface area contributed by atoms with E-state index in [-0.39, 0.29) is 19.4 Å². The zero-order valence-electron chi connectivity index (χ0n) is 8.69. The lowest BCUT2D eigenvalue weighted by atomic mass is 9.73. The second-order valence-electron chi connectivity index (χ2n) is 3.86. The van der Waals surface area contributed by atoms with E-state index in [1.807, 2.05) is 0 Å². The van der Waals surface area contributed by atoms with Crippen LogP contribution in [0, 0.1) is 5.41 Å². The van der Waals surface area contributed by atoms with Crippen molar-refractivity contribution >= 4 is 5.97 Å². The van der Waals surface area contributed by atoms with Gasteiger partial charge in [0.15, 0.2) is 5.41 Å². The van der Waals surface area contributed by atoms with Crippen molar-refractivity contribution < 1.29 is 22.7 Å². The fourth-order valence-electron chi connectivity index (χ4n) is 2.03. The van der Waals surface area contributed by atoms with E-state index < -0.39 is 17.6 Å². The molecule has 0 saturated heterocycles.